The third-order valence-corrected chi connectivity index (χ3v) is 4.97. The summed E-state index contributed by atoms with van der Waals surface area (Å²) >= 11 is 0. The van der Waals surface area contributed by atoms with Gasteiger partial charge < -0.3 is 0 Å². The molecule has 0 bridgehead atoms. The second-order valence-corrected chi connectivity index (χ2v) is 6.45. The first-order valence-electron chi connectivity index (χ1n) is 8.64. The van der Waals surface area contributed by atoms with Gasteiger partial charge in [0.15, 0.2) is 0 Å². The molecule has 2 N–H and O–H groups in total. The van der Waals surface area contributed by atoms with E-state index in [1.165, 1.54) is 36.5 Å². The zero-order valence-electron chi connectivity index (χ0n) is 13.4. The van der Waals surface area contributed by atoms with Crippen LogP contribution in [-0.4, -0.2) is 36.2 Å². The number of hydrogen-bond donors (Lipinski definition) is 2. The number of nitrogens with one attached hydrogen (secondary N) is 2. The highest BCUT2D eigenvalue weighted by molar-refractivity contribution is 5.76. The van der Waals surface area contributed by atoms with Crippen LogP contribution in [0.15, 0.2) is 60.7 Å². The normalized spacial score (nSPS) is 20.7. The molecule has 0 saturated carbocycles. The molecule has 3 nitrogen and oxygen atoms in total. The van der Waals surface area contributed by atoms with Gasteiger partial charge in [-0.1, -0.05) is 60.7 Å². The summed E-state index contributed by atoms with van der Waals surface area (Å²) in [7, 11) is 0. The summed E-state index contributed by atoms with van der Waals surface area (Å²) < 4.78 is 2.45. The quantitative estimate of drug-likeness (QED) is 0.853. The molecule has 0 aromatic heterocycles. The Morgan fingerprint density at radius 2 is 1.52 bits per heavy atom. The fourth-order valence-electron chi connectivity index (χ4n) is 3.84. The summed E-state index contributed by atoms with van der Waals surface area (Å²) in [5, 5.41) is 7.32. The van der Waals surface area contributed by atoms with Gasteiger partial charge in [-0.3, -0.25) is 15.2 Å². The fraction of sp³-hybridized carbons (Fsp3) is 0.350. The van der Waals surface area contributed by atoms with Gasteiger partial charge in [0.25, 0.3) is 0 Å². The number of nitrogens with zero attached hydrogens (tertiary/aromatic N) is 1. The molecule has 2 aliphatic rings. The molecule has 2 heterocycles. The van der Waals surface area contributed by atoms with E-state index in [0.29, 0.717) is 12.0 Å². The van der Waals surface area contributed by atoms with Gasteiger partial charge >= 0.3 is 5.96 Å². The molecule has 1 atom stereocenters. The van der Waals surface area contributed by atoms with E-state index in [-0.39, 0.29) is 0 Å². The van der Waals surface area contributed by atoms with Crippen molar-refractivity contribution in [2.24, 2.45) is 0 Å². The highest BCUT2D eigenvalue weighted by Gasteiger charge is 2.34. The van der Waals surface area contributed by atoms with Gasteiger partial charge in [0.1, 0.15) is 0 Å². The van der Waals surface area contributed by atoms with Gasteiger partial charge in [0.05, 0.1) is 25.7 Å². The van der Waals surface area contributed by atoms with Crippen LogP contribution in [0.1, 0.15) is 29.9 Å². The molecule has 0 amide bonds. The second-order valence-electron chi connectivity index (χ2n) is 6.45. The Bertz CT molecular complexity index is 639. The van der Waals surface area contributed by atoms with Crippen molar-refractivity contribution in [3.05, 3.63) is 71.8 Å². The summed E-state index contributed by atoms with van der Waals surface area (Å²) in [5.41, 5.74) is 2.78. The van der Waals surface area contributed by atoms with E-state index in [9.17, 15) is 0 Å². The summed E-state index contributed by atoms with van der Waals surface area (Å²) in [5.74, 6) is 1.61. The van der Waals surface area contributed by atoms with Crippen molar-refractivity contribution >= 4 is 5.96 Å². The summed E-state index contributed by atoms with van der Waals surface area (Å²) in [6, 6.07) is 22.2. The Morgan fingerprint density at radius 3 is 2.17 bits per heavy atom. The maximum absolute atomic E-state index is 3.78. The van der Waals surface area contributed by atoms with Gasteiger partial charge in [0, 0.05) is 18.8 Å². The highest BCUT2D eigenvalue weighted by Crippen LogP contribution is 2.30. The van der Waals surface area contributed by atoms with Crippen LogP contribution in [0.4, 0.5) is 0 Å². The standard InChI is InChI=1S/C20H23N3/c1-3-8-16(9-4-1)19(17-10-5-2-6-11-17)18-12-15-23-14-7-13-21-20(23)22-18/h1-6,8-11,18-19H,7,12-15H2,(H,21,22)/p+1/t18-/m0/s1. The molecule has 2 aromatic rings. The van der Waals surface area contributed by atoms with Crippen LogP contribution in [-0.2, 0) is 0 Å². The minimum atomic E-state index is 0.385. The van der Waals surface area contributed by atoms with E-state index >= 15 is 0 Å². The molecular weight excluding hydrogens is 282 g/mol. The van der Waals surface area contributed by atoms with Crippen molar-refractivity contribution in [3.8, 4) is 0 Å². The Balaban J connectivity index is 1.68. The first-order valence-corrected chi connectivity index (χ1v) is 8.64. The molecule has 0 spiro atoms. The molecule has 0 fully saturated rings. The van der Waals surface area contributed by atoms with Gasteiger partial charge in [-0.15, -0.1) is 0 Å². The lowest BCUT2D eigenvalue weighted by Crippen LogP contribution is -2.58. The Morgan fingerprint density at radius 1 is 0.870 bits per heavy atom. The number of guanidine groups is 1. The van der Waals surface area contributed by atoms with E-state index in [1.807, 2.05) is 0 Å². The average molecular weight is 306 g/mol. The third kappa shape index (κ3) is 2.96. The lowest BCUT2D eigenvalue weighted by Gasteiger charge is -2.33. The summed E-state index contributed by atoms with van der Waals surface area (Å²) in [6.45, 7) is 3.38. The van der Waals surface area contributed by atoms with E-state index in [0.717, 1.165) is 13.1 Å². The zero-order valence-corrected chi connectivity index (χ0v) is 13.4. The first kappa shape index (κ1) is 14.3. The van der Waals surface area contributed by atoms with Crippen LogP contribution < -0.4 is 10.6 Å². The molecule has 2 aliphatic heterocycles. The summed E-state index contributed by atoms with van der Waals surface area (Å²) in [4.78, 5) is 0. The predicted octanol–water partition coefficient (Wildman–Crippen LogP) is 2.54. The van der Waals surface area contributed by atoms with E-state index in [4.69, 9.17) is 0 Å². The maximum atomic E-state index is 3.78. The first-order chi connectivity index (χ1) is 11.4. The minimum Gasteiger partial charge on any atom is -0.278 e. The number of benzene rings is 2. The van der Waals surface area contributed by atoms with E-state index < -0.39 is 0 Å². The molecule has 23 heavy (non-hydrogen) atoms. The second kappa shape index (κ2) is 6.45. The van der Waals surface area contributed by atoms with Gasteiger partial charge in [-0.2, -0.15) is 0 Å². The van der Waals surface area contributed by atoms with Crippen LogP contribution in [0.5, 0.6) is 0 Å². The van der Waals surface area contributed by atoms with Crippen molar-refractivity contribution in [3.63, 3.8) is 0 Å². The molecule has 4 rings (SSSR count). The van der Waals surface area contributed by atoms with E-state index in [1.54, 1.807) is 0 Å². The Hall–Kier alpha value is -2.29. The van der Waals surface area contributed by atoms with Gasteiger partial charge in [-0.05, 0) is 11.1 Å². The van der Waals surface area contributed by atoms with Crippen LogP contribution in [0.2, 0.25) is 0 Å². The molecule has 3 heteroatoms. The van der Waals surface area contributed by atoms with Crippen molar-refractivity contribution in [1.29, 1.82) is 0 Å². The molecule has 2 aromatic carbocycles. The molecule has 0 radical (unpaired) electrons. The third-order valence-electron chi connectivity index (χ3n) is 4.97. The van der Waals surface area contributed by atoms with Crippen LogP contribution >= 0.6 is 0 Å². The van der Waals surface area contributed by atoms with Crippen LogP contribution in [0.3, 0.4) is 0 Å². The predicted molar refractivity (Wildman–Crippen MR) is 93.9 cm³/mol. The largest absolute Gasteiger partial charge is 0.346 e. The van der Waals surface area contributed by atoms with Crippen molar-refractivity contribution in [2.45, 2.75) is 24.8 Å². The fourth-order valence-corrected chi connectivity index (χ4v) is 3.84. The SMILES string of the molecule is c1ccc(C(c2ccccc2)[C@@H]2CC[N+]3=C(NCCC3)N2)cc1. The van der Waals surface area contributed by atoms with Crippen molar-refractivity contribution in [1.82, 2.24) is 10.6 Å². The lowest BCUT2D eigenvalue weighted by atomic mass is 9.83. The van der Waals surface area contributed by atoms with Crippen LogP contribution in [0, 0.1) is 0 Å². The topological polar surface area (TPSA) is 27.1 Å². The molecular formula is C20H24N3+. The van der Waals surface area contributed by atoms with E-state index in [2.05, 4.69) is 75.9 Å². The average Bonchev–Trinajstić information content (AvgIpc) is 2.64. The van der Waals surface area contributed by atoms with Gasteiger partial charge in [0.2, 0.25) is 0 Å². The highest BCUT2D eigenvalue weighted by atomic mass is 15.3. The lowest BCUT2D eigenvalue weighted by molar-refractivity contribution is -0.541. The molecule has 0 aliphatic carbocycles. The molecule has 118 valence electrons. The van der Waals surface area contributed by atoms with Gasteiger partial charge in [-0.25, -0.2) is 0 Å². The maximum Gasteiger partial charge on any atom is 0.346 e. The van der Waals surface area contributed by atoms with Crippen molar-refractivity contribution < 1.29 is 4.58 Å². The van der Waals surface area contributed by atoms with Crippen LogP contribution in [0.25, 0.3) is 0 Å². The molecule has 0 saturated heterocycles. The minimum absolute atomic E-state index is 0.385. The summed E-state index contributed by atoms with van der Waals surface area (Å²) in [6.07, 6.45) is 2.40. The monoisotopic (exact) mass is 306 g/mol. The zero-order chi connectivity index (χ0) is 15.5. The number of hydrogen-bond acceptors (Lipinski definition) is 2. The smallest absolute Gasteiger partial charge is 0.278 e. The molecule has 0 unspecified atom stereocenters. The Kier molecular flexibility index (Phi) is 4.01. The Labute approximate surface area is 138 Å². The van der Waals surface area contributed by atoms with Crippen molar-refractivity contribution in [2.75, 3.05) is 19.6 Å². The number of rotatable bonds is 3.